The molecule has 1 unspecified atom stereocenters. The number of nitrogens with zero attached hydrogens (tertiary/aromatic N) is 2. The van der Waals surface area contributed by atoms with E-state index in [1.807, 2.05) is 37.5 Å². The first-order valence-electron chi connectivity index (χ1n) is 6.38. The molecule has 0 bridgehead atoms. The molecule has 2 aliphatic heterocycles. The molecule has 0 aromatic heterocycles. The maximum Gasteiger partial charge on any atom is 0.350 e. The number of allylic oxidation sites excluding steroid dienone is 1. The number of aryl methyl sites for hydroxylation is 2. The molecule has 0 N–H and O–H groups in total. The first-order valence-corrected chi connectivity index (χ1v) is 7.32. The van der Waals surface area contributed by atoms with Crippen molar-refractivity contribution in [2.75, 3.05) is 0 Å². The minimum atomic E-state index is -0.466. The zero-order chi connectivity index (χ0) is 14.3. The normalized spacial score (nSPS) is 21.2. The Morgan fingerprint density at radius 2 is 2.05 bits per heavy atom. The van der Waals surface area contributed by atoms with E-state index < -0.39 is 6.03 Å². The van der Waals surface area contributed by atoms with Crippen LogP contribution in [-0.4, -0.2) is 27.8 Å². The van der Waals surface area contributed by atoms with Gasteiger partial charge in [0.15, 0.2) is 0 Å². The second kappa shape index (κ2) is 4.90. The van der Waals surface area contributed by atoms with Gasteiger partial charge in [-0.2, -0.15) is 4.99 Å². The first-order chi connectivity index (χ1) is 9.56. The van der Waals surface area contributed by atoms with Gasteiger partial charge in [0.05, 0.1) is 12.3 Å². The van der Waals surface area contributed by atoms with Gasteiger partial charge in [-0.15, -0.1) is 11.8 Å². The molecule has 20 heavy (non-hydrogen) atoms. The number of rotatable bonds is 2. The average molecular weight is 286 g/mol. The van der Waals surface area contributed by atoms with Gasteiger partial charge in [0, 0.05) is 0 Å². The summed E-state index contributed by atoms with van der Waals surface area (Å²) in [5.41, 5.74) is 3.87. The first kappa shape index (κ1) is 13.1. The second-order valence-corrected chi connectivity index (χ2v) is 6.00. The van der Waals surface area contributed by atoms with Crippen LogP contribution >= 0.6 is 11.8 Å². The van der Waals surface area contributed by atoms with Crippen molar-refractivity contribution in [1.82, 2.24) is 4.90 Å². The Hall–Kier alpha value is -1.88. The molecule has 3 rings (SSSR count). The van der Waals surface area contributed by atoms with Crippen LogP contribution in [0, 0.1) is 13.8 Å². The summed E-state index contributed by atoms with van der Waals surface area (Å²) in [5.74, 6) is -0.173. The van der Waals surface area contributed by atoms with E-state index in [0.717, 1.165) is 11.1 Å². The number of thioether (sulfide) groups is 1. The predicted octanol–water partition coefficient (Wildman–Crippen LogP) is 2.84. The van der Waals surface area contributed by atoms with Crippen molar-refractivity contribution in [2.24, 2.45) is 4.99 Å². The van der Waals surface area contributed by atoms with E-state index in [9.17, 15) is 9.59 Å². The number of carbonyl (C=O) groups excluding carboxylic acids is 2. The van der Waals surface area contributed by atoms with Gasteiger partial charge < -0.3 is 0 Å². The van der Waals surface area contributed by atoms with E-state index in [1.54, 1.807) is 6.08 Å². The van der Waals surface area contributed by atoms with Gasteiger partial charge in [-0.25, -0.2) is 4.79 Å². The van der Waals surface area contributed by atoms with Crippen LogP contribution in [0.1, 0.15) is 16.7 Å². The van der Waals surface area contributed by atoms with Gasteiger partial charge in [0.25, 0.3) is 5.91 Å². The summed E-state index contributed by atoms with van der Waals surface area (Å²) in [6.45, 7) is 4.34. The van der Waals surface area contributed by atoms with Crippen LogP contribution in [0.3, 0.4) is 0 Å². The zero-order valence-electron chi connectivity index (χ0n) is 11.3. The molecule has 5 heteroatoms. The van der Waals surface area contributed by atoms with E-state index in [2.05, 4.69) is 4.99 Å². The third-order valence-corrected chi connectivity index (χ3v) is 4.59. The lowest BCUT2D eigenvalue weighted by Gasteiger charge is -2.26. The second-order valence-electron chi connectivity index (χ2n) is 4.98. The monoisotopic (exact) mass is 286 g/mol. The van der Waals surface area contributed by atoms with Crippen molar-refractivity contribution in [3.8, 4) is 0 Å². The summed E-state index contributed by atoms with van der Waals surface area (Å²) in [7, 11) is 0. The van der Waals surface area contributed by atoms with Crippen LogP contribution < -0.4 is 0 Å². The molecular formula is C15H14N2O2S. The molecule has 0 radical (unpaired) electrons. The summed E-state index contributed by atoms with van der Waals surface area (Å²) in [6.07, 6.45) is 1.73. The fourth-order valence-electron chi connectivity index (χ4n) is 2.26. The fourth-order valence-corrected chi connectivity index (χ4v) is 3.15. The minimum absolute atomic E-state index is 0.173. The van der Waals surface area contributed by atoms with E-state index in [1.165, 1.54) is 22.2 Å². The lowest BCUT2D eigenvalue weighted by molar-refractivity contribution is -0.127. The number of imide groups is 1. The highest BCUT2D eigenvalue weighted by molar-refractivity contribution is 8.04. The molecule has 1 aromatic carbocycles. The Morgan fingerprint density at radius 1 is 1.25 bits per heavy atom. The topological polar surface area (TPSA) is 49.7 Å². The minimum Gasteiger partial charge on any atom is -0.273 e. The van der Waals surface area contributed by atoms with E-state index in [0.29, 0.717) is 5.71 Å². The van der Waals surface area contributed by atoms with Crippen molar-refractivity contribution < 1.29 is 9.59 Å². The van der Waals surface area contributed by atoms with Crippen LogP contribution in [0.2, 0.25) is 0 Å². The number of aliphatic imine (C=N–C) groups is 1. The van der Waals surface area contributed by atoms with Gasteiger partial charge in [-0.3, -0.25) is 9.69 Å². The molecule has 1 atom stereocenters. The van der Waals surface area contributed by atoms with Gasteiger partial charge >= 0.3 is 6.03 Å². The molecule has 2 aliphatic rings. The Morgan fingerprint density at radius 3 is 2.80 bits per heavy atom. The molecule has 0 spiro atoms. The summed E-state index contributed by atoms with van der Waals surface area (Å²) >= 11 is 1.40. The molecule has 0 saturated heterocycles. The highest BCUT2D eigenvalue weighted by atomic mass is 32.2. The SMILES string of the molecule is Cc1ccc(CN2C(=O)N=C3C=CSC3C2=O)cc1C. The van der Waals surface area contributed by atoms with Gasteiger partial charge in [0.1, 0.15) is 5.25 Å². The zero-order valence-corrected chi connectivity index (χ0v) is 12.1. The van der Waals surface area contributed by atoms with Crippen LogP contribution in [0.5, 0.6) is 0 Å². The number of hydrogen-bond acceptors (Lipinski definition) is 3. The number of amides is 3. The molecule has 102 valence electrons. The van der Waals surface area contributed by atoms with Crippen molar-refractivity contribution >= 4 is 29.4 Å². The summed E-state index contributed by atoms with van der Waals surface area (Å²) < 4.78 is 0. The number of fused-ring (bicyclic) bond motifs is 1. The van der Waals surface area contributed by atoms with E-state index in [-0.39, 0.29) is 17.7 Å². The van der Waals surface area contributed by atoms with Gasteiger partial charge in [-0.05, 0) is 42.0 Å². The van der Waals surface area contributed by atoms with E-state index in [4.69, 9.17) is 0 Å². The Bertz CT molecular complexity index is 664. The highest BCUT2D eigenvalue weighted by Crippen LogP contribution is 2.28. The fraction of sp³-hybridized carbons (Fsp3) is 0.267. The molecule has 0 fully saturated rings. The van der Waals surface area contributed by atoms with Crippen molar-refractivity contribution in [1.29, 1.82) is 0 Å². The Kier molecular flexibility index (Phi) is 3.22. The number of urea groups is 1. The number of benzene rings is 1. The smallest absolute Gasteiger partial charge is 0.273 e. The van der Waals surface area contributed by atoms with E-state index >= 15 is 0 Å². The molecule has 0 saturated carbocycles. The summed E-state index contributed by atoms with van der Waals surface area (Å²) in [5, 5.41) is 1.47. The Balaban J connectivity index is 1.86. The number of hydrogen-bond donors (Lipinski definition) is 0. The van der Waals surface area contributed by atoms with Gasteiger partial charge in [-0.1, -0.05) is 18.2 Å². The van der Waals surface area contributed by atoms with Crippen LogP contribution in [0.25, 0.3) is 0 Å². The molecule has 1 aromatic rings. The Labute approximate surface area is 121 Å². The van der Waals surface area contributed by atoms with Crippen LogP contribution in [0.4, 0.5) is 4.79 Å². The largest absolute Gasteiger partial charge is 0.350 e. The van der Waals surface area contributed by atoms with Crippen LogP contribution in [-0.2, 0) is 11.3 Å². The maximum absolute atomic E-state index is 12.3. The van der Waals surface area contributed by atoms with Gasteiger partial charge in [0.2, 0.25) is 0 Å². The lowest BCUT2D eigenvalue weighted by Crippen LogP contribution is -2.46. The standard InChI is InChI=1S/C15H14N2O2S/c1-9-3-4-11(7-10(9)2)8-17-14(18)13-12(5-6-20-13)16-15(17)19/h3-7,13H,8H2,1-2H3. The third kappa shape index (κ3) is 2.18. The van der Waals surface area contributed by atoms with Crippen LogP contribution in [0.15, 0.2) is 34.7 Å². The number of carbonyl (C=O) groups is 2. The van der Waals surface area contributed by atoms with Crippen molar-refractivity contribution in [2.45, 2.75) is 25.6 Å². The lowest BCUT2D eigenvalue weighted by atomic mass is 10.1. The van der Waals surface area contributed by atoms with Crippen molar-refractivity contribution in [3.63, 3.8) is 0 Å². The average Bonchev–Trinajstić information content (AvgIpc) is 2.87. The molecule has 4 nitrogen and oxygen atoms in total. The molecule has 3 amide bonds. The molecular weight excluding hydrogens is 272 g/mol. The molecule has 0 aliphatic carbocycles. The third-order valence-electron chi connectivity index (χ3n) is 3.58. The highest BCUT2D eigenvalue weighted by Gasteiger charge is 2.38. The quantitative estimate of drug-likeness (QED) is 0.840. The maximum atomic E-state index is 12.3. The predicted molar refractivity (Wildman–Crippen MR) is 79.8 cm³/mol. The van der Waals surface area contributed by atoms with Crippen molar-refractivity contribution in [3.05, 3.63) is 46.4 Å². The molecule has 2 heterocycles. The summed E-state index contributed by atoms with van der Waals surface area (Å²) in [6, 6.07) is 5.49. The summed E-state index contributed by atoms with van der Waals surface area (Å²) in [4.78, 5) is 29.5.